The number of hydrogen-bond donors (Lipinski definition) is 2. The van der Waals surface area contributed by atoms with Gasteiger partial charge >= 0.3 is 0 Å². The molecule has 0 aromatic heterocycles. The smallest absolute Gasteiger partial charge is 0.188 e. The van der Waals surface area contributed by atoms with E-state index in [1.807, 2.05) is 0 Å². The Morgan fingerprint density at radius 2 is 2.14 bits per heavy atom. The lowest BCUT2D eigenvalue weighted by Gasteiger charge is -2.14. The van der Waals surface area contributed by atoms with Crippen LogP contribution in [0.3, 0.4) is 0 Å². The molecule has 0 bridgehead atoms. The minimum Gasteiger partial charge on any atom is -0.383 e. The van der Waals surface area contributed by atoms with Crippen LogP contribution in [0.4, 0.5) is 8.78 Å². The van der Waals surface area contributed by atoms with E-state index in [0.29, 0.717) is 31.2 Å². The normalized spacial score (nSPS) is 16.2. The molecule has 21 heavy (non-hydrogen) atoms. The van der Waals surface area contributed by atoms with E-state index in [4.69, 9.17) is 10.5 Å². The van der Waals surface area contributed by atoms with Crippen LogP contribution in [0.2, 0.25) is 0 Å². The maximum Gasteiger partial charge on any atom is 0.188 e. The number of guanidine groups is 1. The molecular formula is C14H20F2IN3O. The molecule has 0 spiro atoms. The van der Waals surface area contributed by atoms with Crippen molar-refractivity contribution in [1.29, 1.82) is 0 Å². The van der Waals surface area contributed by atoms with Gasteiger partial charge in [0.15, 0.2) is 5.96 Å². The van der Waals surface area contributed by atoms with Gasteiger partial charge in [0.2, 0.25) is 0 Å². The monoisotopic (exact) mass is 411 g/mol. The standard InChI is InChI=1S/C14H19F2N3O.HI/c1-20-7-6-18-13(17)19-9-14(4-5-14)11-3-2-10(15)8-12(11)16;/h2-3,8H,4-7,9H2,1H3,(H3,17,18,19);1H. The number of benzene rings is 1. The van der Waals surface area contributed by atoms with Crippen LogP contribution in [0.25, 0.3) is 0 Å². The summed E-state index contributed by atoms with van der Waals surface area (Å²) >= 11 is 0. The van der Waals surface area contributed by atoms with Crippen LogP contribution in [0, 0.1) is 11.6 Å². The van der Waals surface area contributed by atoms with Gasteiger partial charge in [0.1, 0.15) is 11.6 Å². The van der Waals surface area contributed by atoms with Crippen molar-refractivity contribution in [2.24, 2.45) is 10.7 Å². The number of nitrogens with one attached hydrogen (secondary N) is 1. The number of rotatable bonds is 6. The van der Waals surface area contributed by atoms with Crippen molar-refractivity contribution in [2.45, 2.75) is 18.3 Å². The quantitative estimate of drug-likeness (QED) is 0.327. The van der Waals surface area contributed by atoms with Crippen LogP contribution in [0.15, 0.2) is 23.2 Å². The Kier molecular flexibility index (Phi) is 6.79. The first-order chi connectivity index (χ1) is 9.57. The van der Waals surface area contributed by atoms with Crippen LogP contribution in [-0.4, -0.2) is 32.8 Å². The van der Waals surface area contributed by atoms with Crippen molar-refractivity contribution in [3.05, 3.63) is 35.4 Å². The molecule has 3 N–H and O–H groups in total. The molecule has 0 saturated heterocycles. The van der Waals surface area contributed by atoms with Crippen LogP contribution >= 0.6 is 24.0 Å². The highest BCUT2D eigenvalue weighted by atomic mass is 127. The van der Waals surface area contributed by atoms with E-state index in [2.05, 4.69) is 10.3 Å². The number of ether oxygens (including phenoxy) is 1. The van der Waals surface area contributed by atoms with Crippen molar-refractivity contribution in [3.8, 4) is 0 Å². The van der Waals surface area contributed by atoms with Gasteiger partial charge < -0.3 is 15.8 Å². The summed E-state index contributed by atoms with van der Waals surface area (Å²) in [7, 11) is 1.60. The topological polar surface area (TPSA) is 59.6 Å². The molecular weight excluding hydrogens is 391 g/mol. The third-order valence-electron chi connectivity index (χ3n) is 3.52. The molecule has 0 atom stereocenters. The molecule has 1 aromatic rings. The van der Waals surface area contributed by atoms with Crippen LogP contribution in [-0.2, 0) is 10.2 Å². The molecule has 1 aliphatic rings. The van der Waals surface area contributed by atoms with Crippen LogP contribution < -0.4 is 11.1 Å². The van der Waals surface area contributed by atoms with Crippen molar-refractivity contribution in [2.75, 3.05) is 26.8 Å². The first-order valence-corrected chi connectivity index (χ1v) is 6.56. The Hall–Kier alpha value is -0.960. The molecule has 1 aliphatic carbocycles. The fourth-order valence-corrected chi connectivity index (χ4v) is 2.16. The second-order valence-corrected chi connectivity index (χ2v) is 5.03. The lowest BCUT2D eigenvalue weighted by Crippen LogP contribution is -2.35. The first-order valence-electron chi connectivity index (χ1n) is 6.56. The number of aliphatic imine (C=N–C) groups is 1. The van der Waals surface area contributed by atoms with E-state index < -0.39 is 11.6 Å². The lowest BCUT2D eigenvalue weighted by molar-refractivity contribution is 0.204. The molecule has 0 aliphatic heterocycles. The van der Waals surface area contributed by atoms with Crippen molar-refractivity contribution in [3.63, 3.8) is 0 Å². The maximum atomic E-state index is 13.8. The fraction of sp³-hybridized carbons (Fsp3) is 0.500. The molecule has 7 heteroatoms. The van der Waals surface area contributed by atoms with Crippen LogP contribution in [0.5, 0.6) is 0 Å². The highest BCUT2D eigenvalue weighted by molar-refractivity contribution is 14.0. The summed E-state index contributed by atoms with van der Waals surface area (Å²) in [5.74, 6) is -0.759. The zero-order chi connectivity index (χ0) is 14.6. The number of halogens is 3. The summed E-state index contributed by atoms with van der Waals surface area (Å²) in [6.45, 7) is 1.51. The van der Waals surface area contributed by atoms with Gasteiger partial charge in [-0.25, -0.2) is 8.78 Å². The van der Waals surface area contributed by atoms with E-state index in [9.17, 15) is 8.78 Å². The molecule has 0 heterocycles. The van der Waals surface area contributed by atoms with Gasteiger partial charge in [-0.2, -0.15) is 0 Å². The summed E-state index contributed by atoms with van der Waals surface area (Å²) in [5, 5.41) is 2.91. The highest BCUT2D eigenvalue weighted by Gasteiger charge is 2.45. The first kappa shape index (κ1) is 18.1. The average molecular weight is 411 g/mol. The summed E-state index contributed by atoms with van der Waals surface area (Å²) in [5.41, 5.74) is 5.91. The molecule has 0 unspecified atom stereocenters. The third-order valence-corrected chi connectivity index (χ3v) is 3.52. The van der Waals surface area contributed by atoms with E-state index in [-0.39, 0.29) is 29.4 Å². The summed E-state index contributed by atoms with van der Waals surface area (Å²) in [4.78, 5) is 4.24. The lowest BCUT2D eigenvalue weighted by atomic mass is 9.95. The van der Waals surface area contributed by atoms with Crippen molar-refractivity contribution in [1.82, 2.24) is 5.32 Å². The van der Waals surface area contributed by atoms with Gasteiger partial charge in [-0.15, -0.1) is 24.0 Å². The van der Waals surface area contributed by atoms with Gasteiger partial charge in [0.05, 0.1) is 13.2 Å². The molecule has 2 rings (SSSR count). The molecule has 0 amide bonds. The second kappa shape index (κ2) is 7.88. The zero-order valence-corrected chi connectivity index (χ0v) is 14.2. The van der Waals surface area contributed by atoms with E-state index in [1.54, 1.807) is 7.11 Å². The molecule has 118 valence electrons. The molecule has 1 fully saturated rings. The SMILES string of the molecule is COCCNC(N)=NCC1(c2ccc(F)cc2F)CC1.I. The highest BCUT2D eigenvalue weighted by Crippen LogP contribution is 2.49. The predicted molar refractivity (Wildman–Crippen MR) is 89.1 cm³/mol. The minimum absolute atomic E-state index is 0. The largest absolute Gasteiger partial charge is 0.383 e. The van der Waals surface area contributed by atoms with Gasteiger partial charge in [-0.3, -0.25) is 4.99 Å². The van der Waals surface area contributed by atoms with Gasteiger partial charge in [-0.05, 0) is 24.5 Å². The molecule has 0 radical (unpaired) electrons. The van der Waals surface area contributed by atoms with E-state index in [0.717, 1.165) is 18.9 Å². The van der Waals surface area contributed by atoms with Gasteiger partial charge in [-0.1, -0.05) is 6.07 Å². The number of nitrogens with zero attached hydrogens (tertiary/aromatic N) is 1. The van der Waals surface area contributed by atoms with Gasteiger partial charge in [0, 0.05) is 25.1 Å². The number of nitrogens with two attached hydrogens (primary N) is 1. The van der Waals surface area contributed by atoms with Gasteiger partial charge in [0.25, 0.3) is 0 Å². The molecule has 1 aromatic carbocycles. The Morgan fingerprint density at radius 3 is 2.71 bits per heavy atom. The molecule has 1 saturated carbocycles. The Morgan fingerprint density at radius 1 is 1.43 bits per heavy atom. The maximum absolute atomic E-state index is 13.8. The third kappa shape index (κ3) is 4.77. The van der Waals surface area contributed by atoms with E-state index >= 15 is 0 Å². The van der Waals surface area contributed by atoms with E-state index in [1.165, 1.54) is 12.1 Å². The predicted octanol–water partition coefficient (Wildman–Crippen LogP) is 2.17. The van der Waals surface area contributed by atoms with Crippen molar-refractivity contribution < 1.29 is 13.5 Å². The number of methoxy groups -OCH3 is 1. The Labute approximate surface area is 140 Å². The number of hydrogen-bond acceptors (Lipinski definition) is 2. The fourth-order valence-electron chi connectivity index (χ4n) is 2.16. The minimum atomic E-state index is -0.564. The Balaban J connectivity index is 0.00000220. The summed E-state index contributed by atoms with van der Waals surface area (Å²) in [6.07, 6.45) is 1.68. The second-order valence-electron chi connectivity index (χ2n) is 5.03. The molecule has 4 nitrogen and oxygen atoms in total. The summed E-state index contributed by atoms with van der Waals surface area (Å²) in [6, 6.07) is 3.70. The summed E-state index contributed by atoms with van der Waals surface area (Å²) < 4.78 is 31.6. The Bertz CT molecular complexity index is 507. The average Bonchev–Trinajstić information content (AvgIpc) is 3.18. The van der Waals surface area contributed by atoms with Crippen molar-refractivity contribution >= 4 is 29.9 Å². The zero-order valence-electron chi connectivity index (χ0n) is 11.9. The van der Waals surface area contributed by atoms with Crippen LogP contribution in [0.1, 0.15) is 18.4 Å².